The van der Waals surface area contributed by atoms with Gasteiger partial charge in [-0.2, -0.15) is 0 Å². The Hall–Kier alpha value is -1.05. The first-order valence-corrected chi connectivity index (χ1v) is 3.97. The van der Waals surface area contributed by atoms with E-state index in [0.717, 1.165) is 24.1 Å². The van der Waals surface area contributed by atoms with E-state index in [-0.39, 0.29) is 0 Å². The van der Waals surface area contributed by atoms with Gasteiger partial charge < -0.3 is 10.4 Å². The second-order valence-electron chi connectivity index (χ2n) is 2.78. The molecule has 0 spiro atoms. The summed E-state index contributed by atoms with van der Waals surface area (Å²) in [5.74, 6) is 0. The maximum atomic E-state index is 7.13. The second-order valence-corrected chi connectivity index (χ2v) is 2.78. The zero-order valence-corrected chi connectivity index (χ0v) is 7.07. The van der Waals surface area contributed by atoms with Crippen LogP contribution in [0.15, 0.2) is 6.07 Å². The first-order chi connectivity index (χ1) is 5.27. The van der Waals surface area contributed by atoms with E-state index in [2.05, 4.69) is 11.9 Å². The zero-order valence-electron chi connectivity index (χ0n) is 7.07. The summed E-state index contributed by atoms with van der Waals surface area (Å²) >= 11 is 0. The third kappa shape index (κ3) is 1.70. The van der Waals surface area contributed by atoms with Crippen LogP contribution in [0.25, 0.3) is 0 Å². The highest BCUT2D eigenvalue weighted by Crippen LogP contribution is 2.09. The lowest BCUT2D eigenvalue weighted by Gasteiger charge is -1.94. The zero-order chi connectivity index (χ0) is 8.27. The summed E-state index contributed by atoms with van der Waals surface area (Å²) in [5.41, 5.74) is 3.37. The second kappa shape index (κ2) is 3.37. The third-order valence-electron chi connectivity index (χ3n) is 1.72. The Morgan fingerprint density at radius 3 is 2.91 bits per heavy atom. The van der Waals surface area contributed by atoms with Crippen molar-refractivity contribution in [1.29, 1.82) is 5.41 Å². The molecule has 0 aromatic carbocycles. The van der Waals surface area contributed by atoms with Crippen LogP contribution in [0, 0.1) is 12.3 Å². The van der Waals surface area contributed by atoms with Gasteiger partial charge >= 0.3 is 0 Å². The Balaban J connectivity index is 2.92. The predicted molar refractivity (Wildman–Crippen MR) is 47.4 cm³/mol. The fourth-order valence-electron chi connectivity index (χ4n) is 1.25. The summed E-state index contributed by atoms with van der Waals surface area (Å²) in [6.45, 7) is 4.16. The minimum absolute atomic E-state index is 1.03. The lowest BCUT2D eigenvalue weighted by Crippen LogP contribution is -1.88. The fourth-order valence-corrected chi connectivity index (χ4v) is 1.25. The van der Waals surface area contributed by atoms with E-state index in [1.807, 2.05) is 13.0 Å². The maximum Gasteiger partial charge on any atom is 0.0268 e. The van der Waals surface area contributed by atoms with E-state index in [4.69, 9.17) is 5.41 Å². The Bertz CT molecular complexity index is 248. The monoisotopic (exact) mass is 150 g/mol. The standard InChI is InChI=1S/C9H14N2/c1-3-4-9-8(6-10)5-7(2)11-9/h5-6,10-11H,3-4H2,1-2H3. The van der Waals surface area contributed by atoms with Gasteiger partial charge in [0.15, 0.2) is 0 Å². The molecule has 1 aromatic rings. The van der Waals surface area contributed by atoms with E-state index in [1.165, 1.54) is 11.9 Å². The summed E-state index contributed by atoms with van der Waals surface area (Å²) in [4.78, 5) is 3.25. The van der Waals surface area contributed by atoms with E-state index < -0.39 is 0 Å². The number of H-pyrrole nitrogens is 1. The van der Waals surface area contributed by atoms with Crippen molar-refractivity contribution in [3.8, 4) is 0 Å². The first-order valence-electron chi connectivity index (χ1n) is 3.97. The molecule has 0 bridgehead atoms. The van der Waals surface area contributed by atoms with Crippen LogP contribution >= 0.6 is 0 Å². The number of hydrogen-bond acceptors (Lipinski definition) is 1. The summed E-state index contributed by atoms with van der Waals surface area (Å²) in [5, 5.41) is 7.13. The molecule has 1 heterocycles. The molecule has 11 heavy (non-hydrogen) atoms. The van der Waals surface area contributed by atoms with Crippen molar-refractivity contribution in [2.24, 2.45) is 0 Å². The van der Waals surface area contributed by atoms with E-state index in [1.54, 1.807) is 0 Å². The Morgan fingerprint density at radius 1 is 1.64 bits per heavy atom. The number of nitrogens with one attached hydrogen (secondary N) is 2. The van der Waals surface area contributed by atoms with Gasteiger partial charge in [-0.1, -0.05) is 13.3 Å². The molecule has 0 aliphatic carbocycles. The highest BCUT2D eigenvalue weighted by atomic mass is 14.7. The summed E-state index contributed by atoms with van der Waals surface area (Å²) in [7, 11) is 0. The Labute approximate surface area is 67.2 Å². The number of rotatable bonds is 3. The highest BCUT2D eigenvalue weighted by Gasteiger charge is 2.01. The number of aryl methyl sites for hydroxylation is 2. The Kier molecular flexibility index (Phi) is 2.47. The SMILES string of the molecule is CCCc1[nH]c(C)cc1C=N. The third-order valence-corrected chi connectivity index (χ3v) is 1.72. The van der Waals surface area contributed by atoms with Crippen molar-refractivity contribution in [3.05, 3.63) is 23.0 Å². The molecule has 0 saturated carbocycles. The molecule has 2 N–H and O–H groups in total. The summed E-state index contributed by atoms with van der Waals surface area (Å²) in [6, 6.07) is 2.01. The minimum atomic E-state index is 1.03. The average Bonchev–Trinajstić information content (AvgIpc) is 2.32. The fraction of sp³-hybridized carbons (Fsp3) is 0.444. The molecule has 0 unspecified atom stereocenters. The van der Waals surface area contributed by atoms with E-state index in [9.17, 15) is 0 Å². The smallest absolute Gasteiger partial charge is 0.0268 e. The quantitative estimate of drug-likeness (QED) is 0.620. The van der Waals surface area contributed by atoms with Crippen LogP contribution in [0.2, 0.25) is 0 Å². The van der Waals surface area contributed by atoms with Crippen molar-refractivity contribution in [3.63, 3.8) is 0 Å². The molecular formula is C9H14N2. The molecule has 0 saturated heterocycles. The van der Waals surface area contributed by atoms with Crippen LogP contribution in [0.5, 0.6) is 0 Å². The molecule has 2 nitrogen and oxygen atoms in total. The highest BCUT2D eigenvalue weighted by molar-refractivity contribution is 5.79. The molecule has 1 rings (SSSR count). The lowest BCUT2D eigenvalue weighted by atomic mass is 10.2. The molecule has 0 radical (unpaired) electrons. The normalized spacial score (nSPS) is 10.0. The summed E-state index contributed by atoms with van der Waals surface area (Å²) in [6.07, 6.45) is 3.58. The van der Waals surface area contributed by atoms with Gasteiger partial charge in [0.05, 0.1) is 0 Å². The van der Waals surface area contributed by atoms with Gasteiger partial charge in [-0.15, -0.1) is 0 Å². The number of aromatic nitrogens is 1. The molecule has 2 heteroatoms. The molecule has 60 valence electrons. The van der Waals surface area contributed by atoms with Gasteiger partial charge in [0.2, 0.25) is 0 Å². The minimum Gasteiger partial charge on any atom is -0.362 e. The van der Waals surface area contributed by atoms with Crippen molar-refractivity contribution in [2.45, 2.75) is 26.7 Å². The van der Waals surface area contributed by atoms with Gasteiger partial charge in [0, 0.05) is 23.2 Å². The van der Waals surface area contributed by atoms with Crippen molar-refractivity contribution >= 4 is 6.21 Å². The van der Waals surface area contributed by atoms with Crippen LogP contribution in [0.1, 0.15) is 30.3 Å². The molecule has 0 amide bonds. The van der Waals surface area contributed by atoms with Gasteiger partial charge in [-0.05, 0) is 19.4 Å². The van der Waals surface area contributed by atoms with Crippen molar-refractivity contribution in [2.75, 3.05) is 0 Å². The predicted octanol–water partition coefficient (Wildman–Crippen LogP) is 2.27. The molecule has 0 fully saturated rings. The number of aromatic amines is 1. The molecule has 0 aliphatic heterocycles. The van der Waals surface area contributed by atoms with Crippen molar-refractivity contribution in [1.82, 2.24) is 4.98 Å². The van der Waals surface area contributed by atoms with E-state index in [0.29, 0.717) is 0 Å². The first kappa shape index (κ1) is 8.05. The summed E-state index contributed by atoms with van der Waals surface area (Å²) < 4.78 is 0. The van der Waals surface area contributed by atoms with Gasteiger partial charge in [0.25, 0.3) is 0 Å². The van der Waals surface area contributed by atoms with E-state index >= 15 is 0 Å². The molecule has 0 aliphatic rings. The largest absolute Gasteiger partial charge is 0.362 e. The van der Waals surface area contributed by atoms with Crippen LogP contribution in [-0.2, 0) is 6.42 Å². The van der Waals surface area contributed by atoms with Crippen molar-refractivity contribution < 1.29 is 0 Å². The van der Waals surface area contributed by atoms with Crippen LogP contribution in [-0.4, -0.2) is 11.2 Å². The van der Waals surface area contributed by atoms with Crippen LogP contribution in [0.4, 0.5) is 0 Å². The maximum absolute atomic E-state index is 7.13. The van der Waals surface area contributed by atoms with Crippen LogP contribution < -0.4 is 0 Å². The average molecular weight is 150 g/mol. The van der Waals surface area contributed by atoms with Gasteiger partial charge in [0.1, 0.15) is 0 Å². The Morgan fingerprint density at radius 2 is 2.36 bits per heavy atom. The molecule has 0 atom stereocenters. The van der Waals surface area contributed by atoms with Gasteiger partial charge in [-0.25, -0.2) is 0 Å². The molecule has 1 aromatic heterocycles. The van der Waals surface area contributed by atoms with Crippen LogP contribution in [0.3, 0.4) is 0 Å². The topological polar surface area (TPSA) is 39.6 Å². The number of hydrogen-bond donors (Lipinski definition) is 2. The lowest BCUT2D eigenvalue weighted by molar-refractivity contribution is 0.886. The molecular weight excluding hydrogens is 136 g/mol. The van der Waals surface area contributed by atoms with Gasteiger partial charge in [-0.3, -0.25) is 0 Å².